The van der Waals surface area contributed by atoms with Gasteiger partial charge in [-0.15, -0.1) is 0 Å². The van der Waals surface area contributed by atoms with Crippen LogP contribution in [-0.2, 0) is 4.79 Å². The molecule has 0 atom stereocenters. The second-order valence-electron chi connectivity index (χ2n) is 4.28. The number of benzene rings is 1. The number of rotatable bonds is 3. The van der Waals surface area contributed by atoms with Crippen LogP contribution in [-0.4, -0.2) is 45.2 Å². The topological polar surface area (TPSA) is 48.0 Å². The molecule has 1 aromatic carbocycles. The molecule has 0 saturated carbocycles. The lowest BCUT2D eigenvalue weighted by Gasteiger charge is -2.21. The van der Waals surface area contributed by atoms with Crippen LogP contribution in [0.4, 0.5) is 0 Å². The summed E-state index contributed by atoms with van der Waals surface area (Å²) in [4.78, 5) is 13.0. The quantitative estimate of drug-likeness (QED) is 0.777. The van der Waals surface area contributed by atoms with Crippen LogP contribution in [0.1, 0.15) is 5.56 Å². The molecule has 1 aliphatic rings. The Bertz CT molecular complexity index is 508. The van der Waals surface area contributed by atoms with E-state index in [-0.39, 0.29) is 5.91 Å². The van der Waals surface area contributed by atoms with Crippen LogP contribution in [0.5, 0.6) is 17.2 Å². The van der Waals surface area contributed by atoms with E-state index in [1.165, 1.54) is 11.0 Å². The highest BCUT2D eigenvalue weighted by molar-refractivity contribution is 5.92. The number of nitrogens with zero attached hydrogens (tertiary/aromatic N) is 1. The summed E-state index contributed by atoms with van der Waals surface area (Å²) < 4.78 is 16.4. The number of amides is 1. The number of fused-ring (bicyclic) bond motifs is 1. The largest absolute Gasteiger partial charge is 0.492 e. The van der Waals surface area contributed by atoms with Gasteiger partial charge in [0, 0.05) is 25.7 Å². The van der Waals surface area contributed by atoms with Gasteiger partial charge in [-0.3, -0.25) is 4.79 Å². The Morgan fingerprint density at radius 3 is 2.74 bits per heavy atom. The summed E-state index contributed by atoms with van der Waals surface area (Å²) in [5.41, 5.74) is 0.780. The fourth-order valence-electron chi connectivity index (χ4n) is 1.76. The average Bonchev–Trinajstić information content (AvgIpc) is 2.43. The van der Waals surface area contributed by atoms with Crippen LogP contribution >= 0.6 is 0 Å². The fraction of sp³-hybridized carbons (Fsp3) is 0.357. The molecule has 0 saturated heterocycles. The summed E-state index contributed by atoms with van der Waals surface area (Å²) in [6, 6.07) is 3.66. The molecule has 2 rings (SSSR count). The van der Waals surface area contributed by atoms with Crippen molar-refractivity contribution in [2.24, 2.45) is 0 Å². The van der Waals surface area contributed by atoms with Gasteiger partial charge in [-0.1, -0.05) is 0 Å². The highest BCUT2D eigenvalue weighted by Crippen LogP contribution is 2.42. The van der Waals surface area contributed by atoms with Crippen molar-refractivity contribution in [3.63, 3.8) is 0 Å². The average molecular weight is 263 g/mol. The Balaban J connectivity index is 2.33. The smallest absolute Gasteiger partial charge is 0.246 e. The van der Waals surface area contributed by atoms with Gasteiger partial charge in [0.05, 0.1) is 7.11 Å². The number of methoxy groups -OCH3 is 1. The molecule has 19 heavy (non-hydrogen) atoms. The summed E-state index contributed by atoms with van der Waals surface area (Å²) >= 11 is 0. The zero-order valence-corrected chi connectivity index (χ0v) is 11.3. The third-order valence-electron chi connectivity index (χ3n) is 2.74. The van der Waals surface area contributed by atoms with E-state index in [1.54, 1.807) is 27.3 Å². The second kappa shape index (κ2) is 5.65. The van der Waals surface area contributed by atoms with E-state index in [0.29, 0.717) is 30.5 Å². The van der Waals surface area contributed by atoms with Gasteiger partial charge in [0.25, 0.3) is 0 Å². The third-order valence-corrected chi connectivity index (χ3v) is 2.74. The predicted molar refractivity (Wildman–Crippen MR) is 71.7 cm³/mol. The van der Waals surface area contributed by atoms with Crippen LogP contribution in [0, 0.1) is 0 Å². The molecular formula is C14H17NO4. The lowest BCUT2D eigenvalue weighted by atomic mass is 10.1. The molecule has 102 valence electrons. The molecule has 0 spiro atoms. The zero-order chi connectivity index (χ0) is 13.8. The monoisotopic (exact) mass is 263 g/mol. The van der Waals surface area contributed by atoms with Gasteiger partial charge < -0.3 is 19.1 Å². The summed E-state index contributed by atoms with van der Waals surface area (Å²) in [6.07, 6.45) is 3.20. The molecule has 1 heterocycles. The molecule has 0 aliphatic carbocycles. The molecule has 0 bridgehead atoms. The molecule has 0 N–H and O–H groups in total. The summed E-state index contributed by atoms with van der Waals surface area (Å²) in [7, 11) is 4.97. The summed E-state index contributed by atoms with van der Waals surface area (Å²) in [5.74, 6) is 1.75. The fourth-order valence-corrected chi connectivity index (χ4v) is 1.76. The number of carbonyl (C=O) groups excluding carboxylic acids is 1. The first kappa shape index (κ1) is 13.3. The van der Waals surface area contributed by atoms with E-state index in [4.69, 9.17) is 14.2 Å². The van der Waals surface area contributed by atoms with Gasteiger partial charge in [-0.25, -0.2) is 0 Å². The van der Waals surface area contributed by atoms with Gasteiger partial charge in [0.2, 0.25) is 11.7 Å². The Hall–Kier alpha value is -2.17. The molecule has 5 nitrogen and oxygen atoms in total. The first-order chi connectivity index (χ1) is 9.13. The number of ether oxygens (including phenoxy) is 3. The van der Waals surface area contributed by atoms with Gasteiger partial charge in [0.15, 0.2) is 11.5 Å². The standard InChI is InChI=1S/C14H17NO4/c1-15(2)12(16)7-5-10-4-6-11-14(13(10)17-3)19-9-8-18-11/h4-7H,8-9H2,1-3H3. The Kier molecular flexibility index (Phi) is 3.94. The molecule has 1 aliphatic heterocycles. The molecule has 0 aromatic heterocycles. The second-order valence-corrected chi connectivity index (χ2v) is 4.28. The van der Waals surface area contributed by atoms with Crippen LogP contribution in [0.25, 0.3) is 6.08 Å². The minimum Gasteiger partial charge on any atom is -0.492 e. The van der Waals surface area contributed by atoms with Crippen molar-refractivity contribution >= 4 is 12.0 Å². The number of carbonyl (C=O) groups is 1. The van der Waals surface area contributed by atoms with Gasteiger partial charge in [-0.05, 0) is 18.2 Å². The first-order valence-corrected chi connectivity index (χ1v) is 5.99. The van der Waals surface area contributed by atoms with E-state index in [1.807, 2.05) is 12.1 Å². The van der Waals surface area contributed by atoms with Gasteiger partial charge >= 0.3 is 0 Å². The van der Waals surface area contributed by atoms with Crippen LogP contribution in [0.15, 0.2) is 18.2 Å². The van der Waals surface area contributed by atoms with Crippen LogP contribution < -0.4 is 14.2 Å². The van der Waals surface area contributed by atoms with E-state index >= 15 is 0 Å². The lowest BCUT2D eigenvalue weighted by molar-refractivity contribution is -0.123. The van der Waals surface area contributed by atoms with E-state index in [2.05, 4.69) is 0 Å². The summed E-state index contributed by atoms with van der Waals surface area (Å²) in [6.45, 7) is 1.03. The first-order valence-electron chi connectivity index (χ1n) is 5.99. The zero-order valence-electron chi connectivity index (χ0n) is 11.3. The van der Waals surface area contributed by atoms with Crippen LogP contribution in [0.3, 0.4) is 0 Å². The molecule has 1 amide bonds. The number of hydrogen-bond donors (Lipinski definition) is 0. The van der Waals surface area contributed by atoms with Crippen molar-refractivity contribution in [2.45, 2.75) is 0 Å². The predicted octanol–water partition coefficient (Wildman–Crippen LogP) is 1.57. The van der Waals surface area contributed by atoms with E-state index in [9.17, 15) is 4.79 Å². The third kappa shape index (κ3) is 2.81. The van der Waals surface area contributed by atoms with Crippen molar-refractivity contribution in [1.82, 2.24) is 4.90 Å². The Morgan fingerprint density at radius 1 is 1.32 bits per heavy atom. The van der Waals surface area contributed by atoms with E-state index < -0.39 is 0 Å². The SMILES string of the molecule is COc1c(C=CC(=O)N(C)C)ccc2c1OCCO2. The molecule has 0 radical (unpaired) electrons. The Labute approximate surface area is 112 Å². The Morgan fingerprint density at radius 2 is 2.05 bits per heavy atom. The van der Waals surface area contributed by atoms with Gasteiger partial charge in [-0.2, -0.15) is 0 Å². The maximum atomic E-state index is 11.5. The molecule has 1 aromatic rings. The molecule has 0 unspecified atom stereocenters. The number of hydrogen-bond acceptors (Lipinski definition) is 4. The van der Waals surface area contributed by atoms with Crippen LogP contribution in [0.2, 0.25) is 0 Å². The maximum Gasteiger partial charge on any atom is 0.246 e. The van der Waals surface area contributed by atoms with Crippen molar-refractivity contribution in [2.75, 3.05) is 34.4 Å². The van der Waals surface area contributed by atoms with Crippen molar-refractivity contribution < 1.29 is 19.0 Å². The van der Waals surface area contributed by atoms with Gasteiger partial charge in [0.1, 0.15) is 13.2 Å². The van der Waals surface area contributed by atoms with Crippen molar-refractivity contribution in [3.8, 4) is 17.2 Å². The normalized spacial score (nSPS) is 13.4. The molecule has 0 fully saturated rings. The van der Waals surface area contributed by atoms with E-state index in [0.717, 1.165) is 5.56 Å². The number of likely N-dealkylation sites (N-methyl/N-ethyl adjacent to an activating group) is 1. The van der Waals surface area contributed by atoms with Crippen molar-refractivity contribution in [3.05, 3.63) is 23.8 Å². The minimum atomic E-state index is -0.0862. The highest BCUT2D eigenvalue weighted by atomic mass is 16.6. The minimum absolute atomic E-state index is 0.0862. The molecule has 5 heteroatoms. The molecular weight excluding hydrogens is 246 g/mol. The van der Waals surface area contributed by atoms with Crippen molar-refractivity contribution in [1.29, 1.82) is 0 Å². The lowest BCUT2D eigenvalue weighted by Crippen LogP contribution is -2.18. The maximum absolute atomic E-state index is 11.5. The highest BCUT2D eigenvalue weighted by Gasteiger charge is 2.19. The summed E-state index contributed by atoms with van der Waals surface area (Å²) in [5, 5.41) is 0.